The molecule has 0 aromatic carbocycles. The molecular formula is C16H16N4O3S. The highest BCUT2D eigenvalue weighted by atomic mass is 32.1. The molecule has 8 heteroatoms. The molecule has 0 amide bonds. The van der Waals surface area contributed by atoms with Crippen molar-refractivity contribution in [3.8, 4) is 0 Å². The zero-order valence-corrected chi connectivity index (χ0v) is 14.3. The van der Waals surface area contributed by atoms with Gasteiger partial charge in [0.05, 0.1) is 17.6 Å². The fourth-order valence-electron chi connectivity index (χ4n) is 2.97. The smallest absolute Gasteiger partial charge is 0.328 e. The van der Waals surface area contributed by atoms with Gasteiger partial charge < -0.3 is 9.84 Å². The van der Waals surface area contributed by atoms with Gasteiger partial charge in [-0.05, 0) is 32.4 Å². The van der Waals surface area contributed by atoms with Gasteiger partial charge in [0.15, 0.2) is 11.5 Å². The van der Waals surface area contributed by atoms with E-state index in [4.69, 9.17) is 9.84 Å². The van der Waals surface area contributed by atoms with E-state index >= 15 is 0 Å². The summed E-state index contributed by atoms with van der Waals surface area (Å²) in [4.78, 5) is 22.0. The van der Waals surface area contributed by atoms with Crippen LogP contribution in [0.15, 0.2) is 6.08 Å². The van der Waals surface area contributed by atoms with Crippen LogP contribution in [0.2, 0.25) is 0 Å². The number of aryl methyl sites for hydroxylation is 1. The van der Waals surface area contributed by atoms with E-state index in [-0.39, 0.29) is 5.60 Å². The van der Waals surface area contributed by atoms with Crippen LogP contribution in [0.5, 0.6) is 0 Å². The second kappa shape index (κ2) is 5.09. The molecule has 0 spiro atoms. The Hall–Kier alpha value is -2.32. The highest BCUT2D eigenvalue weighted by Gasteiger charge is 2.31. The van der Waals surface area contributed by atoms with E-state index in [1.54, 1.807) is 15.9 Å². The predicted octanol–water partition coefficient (Wildman–Crippen LogP) is 2.60. The Morgan fingerprint density at radius 3 is 2.96 bits per heavy atom. The molecule has 24 heavy (non-hydrogen) atoms. The molecule has 0 atom stereocenters. The van der Waals surface area contributed by atoms with E-state index in [2.05, 4.69) is 28.9 Å². The lowest BCUT2D eigenvalue weighted by atomic mass is 9.94. The third-order valence-electron chi connectivity index (χ3n) is 4.06. The van der Waals surface area contributed by atoms with Gasteiger partial charge >= 0.3 is 5.97 Å². The maximum absolute atomic E-state index is 10.7. The Kier molecular flexibility index (Phi) is 3.23. The number of fused-ring (bicyclic) bond motifs is 5. The molecule has 1 N–H and O–H groups in total. The number of carboxylic acid groups (broad SMARTS) is 1. The number of carbonyl (C=O) groups is 1. The van der Waals surface area contributed by atoms with Crippen molar-refractivity contribution in [3.63, 3.8) is 0 Å². The fourth-order valence-corrected chi connectivity index (χ4v) is 4.12. The molecule has 0 aliphatic carbocycles. The van der Waals surface area contributed by atoms with E-state index in [1.807, 2.05) is 6.92 Å². The lowest BCUT2D eigenvalue weighted by molar-refractivity contribution is -0.131. The van der Waals surface area contributed by atoms with Crippen LogP contribution in [0.4, 0.5) is 0 Å². The molecular weight excluding hydrogens is 328 g/mol. The Balaban J connectivity index is 1.99. The first-order chi connectivity index (χ1) is 11.3. The predicted molar refractivity (Wildman–Crippen MR) is 90.1 cm³/mol. The number of aromatic nitrogens is 4. The number of carboxylic acids is 1. The third-order valence-corrected chi connectivity index (χ3v) is 5.16. The maximum Gasteiger partial charge on any atom is 0.328 e. The highest BCUT2D eigenvalue weighted by Crippen LogP contribution is 2.39. The monoisotopic (exact) mass is 344 g/mol. The van der Waals surface area contributed by atoms with Gasteiger partial charge in [-0.1, -0.05) is 0 Å². The molecule has 124 valence electrons. The first kappa shape index (κ1) is 15.2. The second-order valence-electron chi connectivity index (χ2n) is 6.45. The number of rotatable bonds is 2. The van der Waals surface area contributed by atoms with E-state index < -0.39 is 5.97 Å². The van der Waals surface area contributed by atoms with Crippen molar-refractivity contribution in [2.75, 3.05) is 0 Å². The third kappa shape index (κ3) is 2.38. The zero-order chi connectivity index (χ0) is 17.1. The number of ether oxygens (including phenoxy) is 1. The Labute approximate surface area is 141 Å². The van der Waals surface area contributed by atoms with E-state index in [0.717, 1.165) is 34.2 Å². The van der Waals surface area contributed by atoms with Gasteiger partial charge in [0.1, 0.15) is 10.7 Å². The van der Waals surface area contributed by atoms with Crippen LogP contribution in [-0.2, 0) is 22.6 Å². The van der Waals surface area contributed by atoms with Crippen molar-refractivity contribution < 1.29 is 14.6 Å². The van der Waals surface area contributed by atoms with Crippen molar-refractivity contribution in [2.24, 2.45) is 0 Å². The molecule has 0 saturated carbocycles. The molecule has 7 nitrogen and oxygen atoms in total. The molecule has 4 rings (SSSR count). The molecule has 0 unspecified atom stereocenters. The summed E-state index contributed by atoms with van der Waals surface area (Å²) >= 11 is 1.63. The average molecular weight is 344 g/mol. The summed E-state index contributed by atoms with van der Waals surface area (Å²) in [6, 6.07) is 0. The standard InChI is InChI=1S/C16H16N4O3S/c1-8-17-15-13(9-6-16(2,3)23-7-10(9)24-15)14-18-11(19-20(8)14)4-5-12(21)22/h4-5H,6-7H2,1-3H3,(H,21,22). The maximum atomic E-state index is 10.7. The Morgan fingerprint density at radius 1 is 1.42 bits per heavy atom. The van der Waals surface area contributed by atoms with Crippen molar-refractivity contribution in [1.29, 1.82) is 0 Å². The van der Waals surface area contributed by atoms with Crippen molar-refractivity contribution >= 4 is 39.2 Å². The second-order valence-corrected chi connectivity index (χ2v) is 7.53. The lowest BCUT2D eigenvalue weighted by Crippen LogP contribution is -2.31. The largest absolute Gasteiger partial charge is 0.478 e. The summed E-state index contributed by atoms with van der Waals surface area (Å²) in [6.45, 7) is 6.59. The number of hydrogen-bond donors (Lipinski definition) is 1. The zero-order valence-electron chi connectivity index (χ0n) is 13.5. The van der Waals surface area contributed by atoms with Crippen molar-refractivity contribution in [3.05, 3.63) is 28.2 Å². The van der Waals surface area contributed by atoms with Gasteiger partial charge in [0, 0.05) is 17.4 Å². The van der Waals surface area contributed by atoms with Crippen LogP contribution in [0.3, 0.4) is 0 Å². The summed E-state index contributed by atoms with van der Waals surface area (Å²) in [5.74, 6) is 0.0560. The van der Waals surface area contributed by atoms with Gasteiger partial charge in [-0.3, -0.25) is 0 Å². The van der Waals surface area contributed by atoms with Crippen LogP contribution in [-0.4, -0.2) is 36.3 Å². The van der Waals surface area contributed by atoms with Crippen molar-refractivity contribution in [1.82, 2.24) is 19.6 Å². The lowest BCUT2D eigenvalue weighted by Gasteiger charge is -2.30. The summed E-state index contributed by atoms with van der Waals surface area (Å²) in [7, 11) is 0. The number of hydrogen-bond acceptors (Lipinski definition) is 6. The quantitative estimate of drug-likeness (QED) is 0.719. The van der Waals surface area contributed by atoms with Gasteiger partial charge in [-0.2, -0.15) is 4.52 Å². The summed E-state index contributed by atoms with van der Waals surface area (Å²) in [5.41, 5.74) is 1.71. The van der Waals surface area contributed by atoms with Crippen LogP contribution in [0, 0.1) is 6.92 Å². The first-order valence-corrected chi connectivity index (χ1v) is 8.38. The van der Waals surface area contributed by atoms with Crippen LogP contribution >= 0.6 is 11.3 Å². The summed E-state index contributed by atoms with van der Waals surface area (Å²) < 4.78 is 7.58. The minimum atomic E-state index is -1.03. The molecule has 0 fully saturated rings. The first-order valence-electron chi connectivity index (χ1n) is 7.57. The van der Waals surface area contributed by atoms with Gasteiger partial charge in [-0.25, -0.2) is 14.8 Å². The fraction of sp³-hybridized carbons (Fsp3) is 0.375. The number of thiophene rings is 1. The molecule has 1 aliphatic heterocycles. The summed E-state index contributed by atoms with van der Waals surface area (Å²) in [6.07, 6.45) is 3.22. The van der Waals surface area contributed by atoms with Crippen LogP contribution in [0.1, 0.15) is 35.9 Å². The molecule has 0 saturated heterocycles. The topological polar surface area (TPSA) is 89.6 Å². The minimum absolute atomic E-state index is 0.227. The highest BCUT2D eigenvalue weighted by molar-refractivity contribution is 7.19. The molecule has 3 aromatic heterocycles. The van der Waals surface area contributed by atoms with E-state index in [9.17, 15) is 4.79 Å². The van der Waals surface area contributed by atoms with E-state index in [0.29, 0.717) is 12.4 Å². The minimum Gasteiger partial charge on any atom is -0.478 e. The Morgan fingerprint density at radius 2 is 2.21 bits per heavy atom. The van der Waals surface area contributed by atoms with Gasteiger partial charge in [0.2, 0.25) is 0 Å². The van der Waals surface area contributed by atoms with Crippen molar-refractivity contribution in [2.45, 2.75) is 39.4 Å². The van der Waals surface area contributed by atoms with Gasteiger partial charge in [0.25, 0.3) is 0 Å². The molecule has 4 heterocycles. The molecule has 0 bridgehead atoms. The molecule has 1 aliphatic rings. The van der Waals surface area contributed by atoms with E-state index in [1.165, 1.54) is 16.5 Å². The van der Waals surface area contributed by atoms with Gasteiger partial charge in [-0.15, -0.1) is 16.4 Å². The van der Waals surface area contributed by atoms with Crippen LogP contribution < -0.4 is 0 Å². The SMILES string of the molecule is Cc1nc2sc3c(c2c2nc(C=CC(=O)O)nn12)CC(C)(C)OC3. The summed E-state index contributed by atoms with van der Waals surface area (Å²) in [5, 5.41) is 14.1. The average Bonchev–Trinajstić information content (AvgIpc) is 3.05. The van der Waals surface area contributed by atoms with Crippen LogP contribution in [0.25, 0.3) is 21.9 Å². The molecule has 0 radical (unpaired) electrons. The number of aliphatic carboxylic acids is 1. The molecule has 3 aromatic rings. The normalized spacial score (nSPS) is 17.0. The Bertz CT molecular complexity index is 1020. The number of nitrogens with zero attached hydrogens (tertiary/aromatic N) is 4.